The third-order valence-corrected chi connectivity index (χ3v) is 5.76. The highest BCUT2D eigenvalue weighted by molar-refractivity contribution is 8.00. The maximum atomic E-state index is 5.92. The summed E-state index contributed by atoms with van der Waals surface area (Å²) in [4.78, 5) is 0. The first-order chi connectivity index (χ1) is 9.21. The normalized spacial score (nSPS) is 28.3. The zero-order valence-corrected chi connectivity index (χ0v) is 12.6. The molecule has 104 valence electrons. The van der Waals surface area contributed by atoms with E-state index in [0.29, 0.717) is 16.9 Å². The van der Waals surface area contributed by atoms with Gasteiger partial charge in [-0.2, -0.15) is 11.8 Å². The lowest BCUT2D eigenvalue weighted by molar-refractivity contribution is 0.302. The highest BCUT2D eigenvalue weighted by Gasteiger charge is 2.38. The molecule has 1 N–H and O–H groups in total. The topological polar surface area (TPSA) is 21.3 Å². The molecule has 0 amide bonds. The van der Waals surface area contributed by atoms with Crippen molar-refractivity contribution in [2.45, 2.75) is 49.5 Å². The van der Waals surface area contributed by atoms with Crippen molar-refractivity contribution in [1.82, 2.24) is 5.32 Å². The van der Waals surface area contributed by atoms with E-state index in [0.717, 1.165) is 5.75 Å². The predicted octanol–water partition coefficient (Wildman–Crippen LogP) is 3.77. The van der Waals surface area contributed by atoms with Crippen molar-refractivity contribution in [3.63, 3.8) is 0 Å². The lowest BCUT2D eigenvalue weighted by atomic mass is 9.90. The summed E-state index contributed by atoms with van der Waals surface area (Å²) in [5.74, 6) is 2.32. The van der Waals surface area contributed by atoms with Crippen molar-refractivity contribution in [1.29, 1.82) is 0 Å². The van der Waals surface area contributed by atoms with Crippen LogP contribution in [0.2, 0.25) is 0 Å². The van der Waals surface area contributed by atoms with E-state index in [2.05, 4.69) is 55.3 Å². The van der Waals surface area contributed by atoms with E-state index in [1.165, 1.54) is 37.0 Å². The van der Waals surface area contributed by atoms with Crippen molar-refractivity contribution in [2.24, 2.45) is 0 Å². The van der Waals surface area contributed by atoms with Crippen LogP contribution in [0.15, 0.2) is 24.3 Å². The molecule has 2 aliphatic rings. The van der Waals surface area contributed by atoms with Crippen LogP contribution in [0.1, 0.15) is 44.2 Å². The summed E-state index contributed by atoms with van der Waals surface area (Å²) in [6, 6.07) is 9.07. The van der Waals surface area contributed by atoms with Gasteiger partial charge < -0.3 is 10.1 Å². The minimum Gasteiger partial charge on any atom is -0.490 e. The van der Waals surface area contributed by atoms with Crippen LogP contribution in [-0.4, -0.2) is 23.7 Å². The SMILES string of the molecule is CNC(c1cccc(OC2CC2)c1)C1(C)CCCS1. The summed E-state index contributed by atoms with van der Waals surface area (Å²) in [5, 5.41) is 3.52. The molecular formula is C16H23NOS. The monoisotopic (exact) mass is 277 g/mol. The van der Waals surface area contributed by atoms with Crippen LogP contribution in [0.3, 0.4) is 0 Å². The van der Waals surface area contributed by atoms with Crippen molar-refractivity contribution >= 4 is 11.8 Å². The third-order valence-electron chi connectivity index (χ3n) is 4.17. The zero-order chi connectivity index (χ0) is 13.3. The second-order valence-corrected chi connectivity index (χ2v) is 7.51. The van der Waals surface area contributed by atoms with E-state index in [4.69, 9.17) is 4.74 Å². The maximum Gasteiger partial charge on any atom is 0.120 e. The van der Waals surface area contributed by atoms with Gasteiger partial charge in [0.15, 0.2) is 0 Å². The summed E-state index contributed by atoms with van der Waals surface area (Å²) in [7, 11) is 2.07. The predicted molar refractivity (Wildman–Crippen MR) is 82.0 cm³/mol. The molecule has 1 aliphatic carbocycles. The molecule has 1 aromatic rings. The van der Waals surface area contributed by atoms with E-state index in [1.54, 1.807) is 0 Å². The van der Waals surface area contributed by atoms with Gasteiger partial charge >= 0.3 is 0 Å². The summed E-state index contributed by atoms with van der Waals surface area (Å²) >= 11 is 2.10. The van der Waals surface area contributed by atoms with Crippen LogP contribution < -0.4 is 10.1 Å². The zero-order valence-electron chi connectivity index (χ0n) is 11.8. The average molecular weight is 277 g/mol. The number of hydrogen-bond acceptors (Lipinski definition) is 3. The molecule has 2 nitrogen and oxygen atoms in total. The third kappa shape index (κ3) is 2.92. The summed E-state index contributed by atoms with van der Waals surface area (Å²) in [6.45, 7) is 2.39. The van der Waals surface area contributed by atoms with Gasteiger partial charge in [0, 0.05) is 10.8 Å². The molecular weight excluding hydrogens is 254 g/mol. The van der Waals surface area contributed by atoms with E-state index < -0.39 is 0 Å². The molecule has 1 saturated carbocycles. The Morgan fingerprint density at radius 2 is 2.26 bits per heavy atom. The summed E-state index contributed by atoms with van der Waals surface area (Å²) in [6.07, 6.45) is 5.52. The smallest absolute Gasteiger partial charge is 0.120 e. The Labute approximate surface area is 120 Å². The molecule has 0 radical (unpaired) electrons. The lowest BCUT2D eigenvalue weighted by Crippen LogP contribution is -2.35. The Kier molecular flexibility index (Phi) is 3.77. The standard InChI is InChI=1S/C16H23NOS/c1-16(9-4-10-19-16)15(17-2)12-5-3-6-14(11-12)18-13-7-8-13/h3,5-6,11,13,15,17H,4,7-10H2,1-2H3. The number of benzene rings is 1. The van der Waals surface area contributed by atoms with Gasteiger partial charge in [-0.05, 0) is 63.1 Å². The van der Waals surface area contributed by atoms with Crippen LogP contribution >= 0.6 is 11.8 Å². The summed E-state index contributed by atoms with van der Waals surface area (Å²) < 4.78 is 6.23. The van der Waals surface area contributed by atoms with Crippen molar-refractivity contribution in [2.75, 3.05) is 12.8 Å². The van der Waals surface area contributed by atoms with Crippen molar-refractivity contribution in [3.05, 3.63) is 29.8 Å². The first kappa shape index (κ1) is 13.3. The van der Waals surface area contributed by atoms with Crippen molar-refractivity contribution < 1.29 is 4.74 Å². The van der Waals surface area contributed by atoms with Crippen LogP contribution in [0.4, 0.5) is 0 Å². The second-order valence-electron chi connectivity index (χ2n) is 5.88. The fraction of sp³-hybridized carbons (Fsp3) is 0.625. The quantitative estimate of drug-likeness (QED) is 0.885. The minimum absolute atomic E-state index is 0.312. The molecule has 2 unspecified atom stereocenters. The molecule has 1 aromatic carbocycles. The van der Waals surface area contributed by atoms with Crippen LogP contribution in [0.5, 0.6) is 5.75 Å². The highest BCUT2D eigenvalue weighted by atomic mass is 32.2. The Morgan fingerprint density at radius 3 is 2.89 bits per heavy atom. The molecule has 1 aliphatic heterocycles. The largest absolute Gasteiger partial charge is 0.490 e. The fourth-order valence-corrected chi connectivity index (χ4v) is 4.46. The van der Waals surface area contributed by atoms with Gasteiger partial charge in [-0.25, -0.2) is 0 Å². The minimum atomic E-state index is 0.312. The summed E-state index contributed by atoms with van der Waals surface area (Å²) in [5.41, 5.74) is 1.36. The Bertz CT molecular complexity index is 438. The first-order valence-corrected chi connectivity index (χ1v) is 8.28. The fourth-order valence-electron chi connectivity index (χ4n) is 3.00. The van der Waals surface area contributed by atoms with E-state index in [9.17, 15) is 0 Å². The Hall–Kier alpha value is -0.670. The number of thioether (sulfide) groups is 1. The number of nitrogens with one attached hydrogen (secondary N) is 1. The van der Waals surface area contributed by atoms with Gasteiger partial charge in [-0.1, -0.05) is 12.1 Å². The van der Waals surface area contributed by atoms with Gasteiger partial charge in [0.2, 0.25) is 0 Å². The van der Waals surface area contributed by atoms with E-state index >= 15 is 0 Å². The first-order valence-electron chi connectivity index (χ1n) is 7.29. The molecule has 3 heteroatoms. The van der Waals surface area contributed by atoms with Crippen LogP contribution in [0, 0.1) is 0 Å². The van der Waals surface area contributed by atoms with Gasteiger partial charge in [0.05, 0.1) is 6.10 Å². The van der Waals surface area contributed by atoms with E-state index in [-0.39, 0.29) is 0 Å². The number of ether oxygens (including phenoxy) is 1. The highest BCUT2D eigenvalue weighted by Crippen LogP contribution is 2.46. The number of hydrogen-bond donors (Lipinski definition) is 1. The van der Waals surface area contributed by atoms with E-state index in [1.807, 2.05) is 0 Å². The molecule has 3 rings (SSSR count). The molecule has 2 atom stereocenters. The molecule has 0 aromatic heterocycles. The van der Waals surface area contributed by atoms with Gasteiger partial charge in [-0.3, -0.25) is 0 Å². The van der Waals surface area contributed by atoms with Crippen LogP contribution in [-0.2, 0) is 0 Å². The maximum absolute atomic E-state index is 5.92. The number of rotatable bonds is 5. The molecule has 2 fully saturated rings. The van der Waals surface area contributed by atoms with Crippen LogP contribution in [0.25, 0.3) is 0 Å². The van der Waals surface area contributed by atoms with Gasteiger partial charge in [0.1, 0.15) is 5.75 Å². The molecule has 1 heterocycles. The molecule has 1 saturated heterocycles. The average Bonchev–Trinajstić information content (AvgIpc) is 3.10. The molecule has 0 bridgehead atoms. The van der Waals surface area contributed by atoms with Gasteiger partial charge in [-0.15, -0.1) is 0 Å². The van der Waals surface area contributed by atoms with Gasteiger partial charge in [0.25, 0.3) is 0 Å². The lowest BCUT2D eigenvalue weighted by Gasteiger charge is -2.33. The second kappa shape index (κ2) is 5.37. The molecule has 19 heavy (non-hydrogen) atoms. The van der Waals surface area contributed by atoms with Crippen molar-refractivity contribution in [3.8, 4) is 5.75 Å². The Morgan fingerprint density at radius 1 is 1.42 bits per heavy atom. The Balaban J connectivity index is 1.81. The molecule has 0 spiro atoms.